The molecular weight excluding hydrogens is 484 g/mol. The third kappa shape index (κ3) is 5.89. The van der Waals surface area contributed by atoms with Crippen molar-refractivity contribution in [1.82, 2.24) is 9.29 Å². The van der Waals surface area contributed by atoms with E-state index in [-0.39, 0.29) is 36.6 Å². The highest BCUT2D eigenvalue weighted by Gasteiger charge is 2.42. The van der Waals surface area contributed by atoms with Gasteiger partial charge in [-0.3, -0.25) is 4.98 Å². The van der Waals surface area contributed by atoms with Crippen LogP contribution in [0.15, 0.2) is 47.6 Å². The Labute approximate surface area is 212 Å². The molecule has 0 saturated carbocycles. The van der Waals surface area contributed by atoms with Crippen LogP contribution in [-0.4, -0.2) is 55.2 Å². The molecule has 1 aromatic carbocycles. The lowest BCUT2D eigenvalue weighted by Crippen LogP contribution is -2.50. The largest absolute Gasteiger partial charge is 0.464 e. The van der Waals surface area contributed by atoms with Crippen LogP contribution in [0.2, 0.25) is 0 Å². The third-order valence-electron chi connectivity index (χ3n) is 5.76. The van der Waals surface area contributed by atoms with Crippen molar-refractivity contribution in [1.29, 1.82) is 0 Å². The van der Waals surface area contributed by atoms with Crippen molar-refractivity contribution in [2.24, 2.45) is 5.92 Å². The summed E-state index contributed by atoms with van der Waals surface area (Å²) in [4.78, 5) is 31.7. The van der Waals surface area contributed by atoms with E-state index in [1.54, 1.807) is 38.4 Å². The summed E-state index contributed by atoms with van der Waals surface area (Å²) in [5.74, 6) is -0.869. The number of carbonyl (C=O) groups excluding carboxylic acids is 2. The number of pyridine rings is 1. The highest BCUT2D eigenvalue weighted by atomic mass is 32.2. The number of anilines is 2. The monoisotopic (exact) mass is 518 g/mol. The molecule has 1 unspecified atom stereocenters. The van der Waals surface area contributed by atoms with Crippen molar-refractivity contribution in [2.75, 3.05) is 23.4 Å². The number of sulfonamides is 1. The number of benzene rings is 1. The summed E-state index contributed by atoms with van der Waals surface area (Å²) in [6.45, 7) is 9.44. The summed E-state index contributed by atoms with van der Waals surface area (Å²) in [5.41, 5.74) is 2.82. The number of aromatic nitrogens is 1. The minimum Gasteiger partial charge on any atom is -0.464 e. The molecular formula is C25H34N4O6S. The number of fused-ring (bicyclic) bond motifs is 1. The zero-order valence-corrected chi connectivity index (χ0v) is 22.1. The number of esters is 1. The lowest BCUT2D eigenvalue weighted by atomic mass is 10.0. The molecule has 0 bridgehead atoms. The van der Waals surface area contributed by atoms with Crippen LogP contribution in [0, 0.1) is 5.92 Å². The van der Waals surface area contributed by atoms with Gasteiger partial charge in [0, 0.05) is 12.7 Å². The fraction of sp³-hybridized carbons (Fsp3) is 0.480. The molecule has 1 aromatic heterocycles. The zero-order chi connectivity index (χ0) is 26.5. The fourth-order valence-corrected chi connectivity index (χ4v) is 5.58. The minimum absolute atomic E-state index is 0.0354. The second-order valence-electron chi connectivity index (χ2n) is 8.88. The number of carbonyl (C=O) groups is 2. The summed E-state index contributed by atoms with van der Waals surface area (Å²) in [7, 11) is -4.41. The van der Waals surface area contributed by atoms with Crippen LogP contribution in [0.5, 0.6) is 0 Å². The number of rotatable bonds is 10. The van der Waals surface area contributed by atoms with E-state index in [2.05, 4.69) is 15.2 Å². The second kappa shape index (κ2) is 11.6. The number of nitrogens with zero attached hydrogens (tertiary/aromatic N) is 3. The summed E-state index contributed by atoms with van der Waals surface area (Å²) < 4.78 is 38.0. The van der Waals surface area contributed by atoms with E-state index in [9.17, 15) is 18.0 Å². The summed E-state index contributed by atoms with van der Waals surface area (Å²) in [6.07, 6.45) is 2.52. The normalized spacial score (nSPS) is 15.7. The molecule has 0 fully saturated rings. The molecule has 1 amide bonds. The Kier molecular flexibility index (Phi) is 8.78. The van der Waals surface area contributed by atoms with Gasteiger partial charge in [-0.1, -0.05) is 26.0 Å². The molecule has 0 radical (unpaired) electrons. The Hall–Kier alpha value is -3.34. The van der Waals surface area contributed by atoms with Gasteiger partial charge in [0.1, 0.15) is 6.04 Å². The van der Waals surface area contributed by atoms with E-state index in [1.807, 2.05) is 26.8 Å². The van der Waals surface area contributed by atoms with E-state index < -0.39 is 28.1 Å². The van der Waals surface area contributed by atoms with Gasteiger partial charge >= 0.3 is 12.1 Å². The van der Waals surface area contributed by atoms with E-state index in [4.69, 9.17) is 9.47 Å². The fourth-order valence-electron chi connectivity index (χ4n) is 4.11. The Balaban J connectivity index is 1.91. The summed E-state index contributed by atoms with van der Waals surface area (Å²) >= 11 is 0. The van der Waals surface area contributed by atoms with Gasteiger partial charge < -0.3 is 19.7 Å². The van der Waals surface area contributed by atoms with E-state index in [0.29, 0.717) is 10.8 Å². The van der Waals surface area contributed by atoms with Crippen LogP contribution >= 0.6 is 0 Å². The van der Waals surface area contributed by atoms with Crippen LogP contribution in [0.3, 0.4) is 0 Å². The maximum Gasteiger partial charge on any atom is 0.424 e. The highest BCUT2D eigenvalue weighted by molar-refractivity contribution is 7.89. The first kappa shape index (κ1) is 27.3. The molecule has 0 spiro atoms. The van der Waals surface area contributed by atoms with Crippen molar-refractivity contribution >= 4 is 33.5 Å². The van der Waals surface area contributed by atoms with Crippen LogP contribution in [0.25, 0.3) is 0 Å². The number of hydrogen-bond acceptors (Lipinski definition) is 9. The molecule has 2 aromatic rings. The van der Waals surface area contributed by atoms with Gasteiger partial charge in [0.25, 0.3) is 10.0 Å². The summed E-state index contributed by atoms with van der Waals surface area (Å²) in [5, 5.41) is 3.36. The van der Waals surface area contributed by atoms with Gasteiger partial charge in [0.2, 0.25) is 0 Å². The first-order valence-corrected chi connectivity index (χ1v) is 13.5. The molecule has 1 aliphatic rings. The van der Waals surface area contributed by atoms with Crippen LogP contribution < -0.4 is 10.2 Å². The average Bonchev–Trinajstić information content (AvgIpc) is 3.14. The number of amides is 1. The Morgan fingerprint density at radius 2 is 1.78 bits per heavy atom. The number of nitrogens with one attached hydrogen (secondary N) is 1. The van der Waals surface area contributed by atoms with Gasteiger partial charge in [-0.2, -0.15) is 4.31 Å². The number of ether oxygens (including phenoxy) is 2. The molecule has 3 rings (SSSR count). The quantitative estimate of drug-likeness (QED) is 0.466. The smallest absolute Gasteiger partial charge is 0.424 e. The minimum atomic E-state index is -4.41. The molecule has 1 aliphatic heterocycles. The molecule has 1 N–H and O–H groups in total. The molecule has 36 heavy (non-hydrogen) atoms. The summed E-state index contributed by atoms with van der Waals surface area (Å²) in [6, 6.07) is 6.86. The predicted octanol–water partition coefficient (Wildman–Crippen LogP) is 3.98. The molecule has 0 saturated heterocycles. The lowest BCUT2D eigenvalue weighted by Gasteiger charge is -2.29. The van der Waals surface area contributed by atoms with Crippen molar-refractivity contribution in [2.45, 2.75) is 64.7 Å². The third-order valence-corrected chi connectivity index (χ3v) is 7.55. The van der Waals surface area contributed by atoms with Crippen molar-refractivity contribution < 1.29 is 27.5 Å². The van der Waals surface area contributed by atoms with Gasteiger partial charge in [-0.25, -0.2) is 18.0 Å². The first-order chi connectivity index (χ1) is 17.1. The Bertz CT molecular complexity index is 1170. The van der Waals surface area contributed by atoms with Crippen LogP contribution in [0.1, 0.15) is 46.6 Å². The standard InChI is InChI=1S/C25H34N4O6S/c1-6-34-24(30)23(14-17(3)4)29(25(31)35-7-2)36(32,33)20-10-8-19(9-11-20)16-28-18(5)27-21-15-26-13-12-22(21)28/h8-13,15,17-18,23,27H,6-7,14,16H2,1-5H3/t18?,23-/m0/s1. The maximum atomic E-state index is 13.6. The maximum absolute atomic E-state index is 13.6. The lowest BCUT2D eigenvalue weighted by molar-refractivity contribution is -0.147. The van der Waals surface area contributed by atoms with Gasteiger partial charge in [0.05, 0.1) is 41.8 Å². The zero-order valence-electron chi connectivity index (χ0n) is 21.3. The molecule has 2 heterocycles. The average molecular weight is 519 g/mol. The van der Waals surface area contributed by atoms with E-state index >= 15 is 0 Å². The predicted molar refractivity (Wildman–Crippen MR) is 136 cm³/mol. The molecule has 10 nitrogen and oxygen atoms in total. The van der Waals surface area contributed by atoms with Gasteiger partial charge in [-0.05, 0) is 56.9 Å². The van der Waals surface area contributed by atoms with E-state index in [1.165, 1.54) is 12.1 Å². The van der Waals surface area contributed by atoms with Crippen molar-refractivity contribution in [3.63, 3.8) is 0 Å². The molecule has 0 aliphatic carbocycles. The van der Waals surface area contributed by atoms with Crippen LogP contribution in [-0.2, 0) is 30.8 Å². The van der Waals surface area contributed by atoms with Gasteiger partial charge in [-0.15, -0.1) is 0 Å². The van der Waals surface area contributed by atoms with Gasteiger partial charge in [0.15, 0.2) is 0 Å². The Morgan fingerprint density at radius 1 is 1.11 bits per heavy atom. The molecule has 2 atom stereocenters. The highest BCUT2D eigenvalue weighted by Crippen LogP contribution is 2.34. The van der Waals surface area contributed by atoms with Crippen molar-refractivity contribution in [3.05, 3.63) is 48.3 Å². The first-order valence-electron chi connectivity index (χ1n) is 12.0. The molecule has 11 heteroatoms. The number of hydrogen-bond donors (Lipinski definition) is 1. The molecule has 196 valence electrons. The Morgan fingerprint density at radius 3 is 2.39 bits per heavy atom. The van der Waals surface area contributed by atoms with Crippen LogP contribution in [0.4, 0.5) is 16.2 Å². The van der Waals surface area contributed by atoms with Crippen molar-refractivity contribution in [3.8, 4) is 0 Å². The SMILES string of the molecule is CCOC(=O)[C@H](CC(C)C)N(C(=O)OCC)S(=O)(=O)c1ccc(CN2c3ccncc3NC2C)cc1. The topological polar surface area (TPSA) is 118 Å². The van der Waals surface area contributed by atoms with E-state index in [0.717, 1.165) is 16.9 Å². The second-order valence-corrected chi connectivity index (χ2v) is 10.7.